The predicted octanol–water partition coefficient (Wildman–Crippen LogP) is 5.61. The van der Waals surface area contributed by atoms with E-state index in [2.05, 4.69) is 18.0 Å². The smallest absolute Gasteiger partial charge is 0.260 e. The SMILES string of the molecule is CC.CCCc1cc(C)cnc1N(C)C(=O)c1c(C)cccc1Cl. The number of hydrogen-bond acceptors (Lipinski definition) is 2. The molecular weight excluding hydrogens is 320 g/mol. The lowest BCUT2D eigenvalue weighted by Gasteiger charge is -2.21. The van der Waals surface area contributed by atoms with Gasteiger partial charge >= 0.3 is 0 Å². The third-order valence-corrected chi connectivity index (χ3v) is 3.97. The van der Waals surface area contributed by atoms with Crippen molar-refractivity contribution in [1.82, 2.24) is 4.98 Å². The van der Waals surface area contributed by atoms with Crippen molar-refractivity contribution in [2.45, 2.75) is 47.5 Å². The molecular formula is C20H27ClN2O. The normalized spacial score (nSPS) is 9.96. The van der Waals surface area contributed by atoms with Crippen LogP contribution in [0.3, 0.4) is 0 Å². The molecule has 0 saturated carbocycles. The third-order valence-electron chi connectivity index (χ3n) is 3.66. The van der Waals surface area contributed by atoms with Crippen LogP contribution in [-0.4, -0.2) is 17.9 Å². The number of nitrogens with zero attached hydrogens (tertiary/aromatic N) is 2. The number of aromatic nitrogens is 1. The number of benzene rings is 1. The van der Waals surface area contributed by atoms with Gasteiger partial charge in [-0.05, 0) is 43.0 Å². The summed E-state index contributed by atoms with van der Waals surface area (Å²) in [6.45, 7) is 10.0. The van der Waals surface area contributed by atoms with E-state index in [1.165, 1.54) is 0 Å². The zero-order valence-electron chi connectivity index (χ0n) is 15.5. The summed E-state index contributed by atoms with van der Waals surface area (Å²) in [7, 11) is 1.75. The molecule has 0 N–H and O–H groups in total. The Labute approximate surface area is 150 Å². The van der Waals surface area contributed by atoms with Crippen LogP contribution in [0.25, 0.3) is 0 Å². The lowest BCUT2D eigenvalue weighted by atomic mass is 10.1. The van der Waals surface area contributed by atoms with Crippen molar-refractivity contribution in [2.24, 2.45) is 0 Å². The Kier molecular flexibility index (Phi) is 7.93. The number of amides is 1. The molecule has 1 aromatic carbocycles. The summed E-state index contributed by atoms with van der Waals surface area (Å²) in [4.78, 5) is 18.9. The minimum Gasteiger partial charge on any atom is -0.296 e. The highest BCUT2D eigenvalue weighted by atomic mass is 35.5. The van der Waals surface area contributed by atoms with E-state index in [1.54, 1.807) is 24.2 Å². The first-order valence-corrected chi connectivity index (χ1v) is 8.82. The maximum absolute atomic E-state index is 12.8. The number of hydrogen-bond donors (Lipinski definition) is 0. The fourth-order valence-electron chi connectivity index (χ4n) is 2.54. The molecule has 2 rings (SSSR count). The fourth-order valence-corrected chi connectivity index (χ4v) is 2.85. The van der Waals surface area contributed by atoms with Gasteiger partial charge in [0, 0.05) is 13.2 Å². The molecule has 2 aromatic rings. The van der Waals surface area contributed by atoms with Crippen molar-refractivity contribution in [2.75, 3.05) is 11.9 Å². The number of carbonyl (C=O) groups excluding carboxylic acids is 1. The largest absolute Gasteiger partial charge is 0.296 e. The Morgan fingerprint density at radius 1 is 1.25 bits per heavy atom. The first-order chi connectivity index (χ1) is 11.5. The van der Waals surface area contributed by atoms with E-state index >= 15 is 0 Å². The number of halogens is 1. The van der Waals surface area contributed by atoms with E-state index in [0.29, 0.717) is 16.4 Å². The molecule has 1 aromatic heterocycles. The maximum Gasteiger partial charge on any atom is 0.260 e. The number of pyridine rings is 1. The van der Waals surface area contributed by atoms with Gasteiger partial charge in [0.05, 0.1) is 10.6 Å². The highest BCUT2D eigenvalue weighted by Gasteiger charge is 2.21. The van der Waals surface area contributed by atoms with Gasteiger partial charge in [-0.25, -0.2) is 4.98 Å². The molecule has 0 radical (unpaired) electrons. The van der Waals surface area contributed by atoms with Crippen LogP contribution in [0, 0.1) is 13.8 Å². The Morgan fingerprint density at radius 3 is 2.50 bits per heavy atom. The zero-order valence-corrected chi connectivity index (χ0v) is 16.2. The van der Waals surface area contributed by atoms with Crippen LogP contribution in [0.15, 0.2) is 30.5 Å². The van der Waals surface area contributed by atoms with E-state index in [1.807, 2.05) is 39.8 Å². The molecule has 24 heavy (non-hydrogen) atoms. The lowest BCUT2D eigenvalue weighted by Crippen LogP contribution is -2.29. The van der Waals surface area contributed by atoms with Crippen molar-refractivity contribution in [3.05, 3.63) is 57.7 Å². The van der Waals surface area contributed by atoms with E-state index in [0.717, 1.165) is 29.5 Å². The number of rotatable bonds is 4. The minimum atomic E-state index is -0.128. The molecule has 0 saturated heterocycles. The number of anilines is 1. The second-order valence-corrected chi connectivity index (χ2v) is 5.95. The van der Waals surface area contributed by atoms with Crippen LogP contribution < -0.4 is 4.90 Å². The maximum atomic E-state index is 12.8. The van der Waals surface area contributed by atoms with Crippen LogP contribution in [0.1, 0.15) is 54.2 Å². The van der Waals surface area contributed by atoms with Crippen molar-refractivity contribution in [3.8, 4) is 0 Å². The monoisotopic (exact) mass is 346 g/mol. The highest BCUT2D eigenvalue weighted by molar-refractivity contribution is 6.34. The number of carbonyl (C=O) groups is 1. The van der Waals surface area contributed by atoms with Crippen LogP contribution in [0.4, 0.5) is 5.82 Å². The fraction of sp³-hybridized carbons (Fsp3) is 0.400. The van der Waals surface area contributed by atoms with Crippen LogP contribution in [0.5, 0.6) is 0 Å². The van der Waals surface area contributed by atoms with Gasteiger partial charge in [0.2, 0.25) is 0 Å². The van der Waals surface area contributed by atoms with Gasteiger partial charge in [0.1, 0.15) is 5.82 Å². The molecule has 0 atom stereocenters. The topological polar surface area (TPSA) is 33.2 Å². The molecule has 0 aliphatic rings. The molecule has 1 heterocycles. The molecule has 0 unspecified atom stereocenters. The Morgan fingerprint density at radius 2 is 1.92 bits per heavy atom. The predicted molar refractivity (Wildman–Crippen MR) is 103 cm³/mol. The first kappa shape index (κ1) is 20.2. The van der Waals surface area contributed by atoms with Gasteiger partial charge in [-0.3, -0.25) is 9.69 Å². The molecule has 4 heteroatoms. The van der Waals surface area contributed by atoms with Gasteiger partial charge < -0.3 is 0 Å². The Balaban J connectivity index is 0.00000139. The standard InChI is InChI=1S/C18H21ClN2O.C2H6/c1-5-7-14-10-12(2)11-20-17(14)21(4)18(22)16-13(3)8-6-9-15(16)19;1-2/h6,8-11H,5,7H2,1-4H3;1-2H3. The molecule has 130 valence electrons. The molecule has 0 spiro atoms. The molecule has 3 nitrogen and oxygen atoms in total. The summed E-state index contributed by atoms with van der Waals surface area (Å²) in [6, 6.07) is 7.57. The molecule has 0 aliphatic carbocycles. The Bertz CT molecular complexity index is 678. The van der Waals surface area contributed by atoms with Crippen LogP contribution >= 0.6 is 11.6 Å². The number of aryl methyl sites for hydroxylation is 3. The van der Waals surface area contributed by atoms with Gasteiger partial charge in [0.15, 0.2) is 0 Å². The molecule has 1 amide bonds. The summed E-state index contributed by atoms with van der Waals surface area (Å²) in [5.74, 6) is 0.577. The van der Waals surface area contributed by atoms with Gasteiger partial charge in [-0.1, -0.05) is 57.0 Å². The van der Waals surface area contributed by atoms with Gasteiger partial charge in [0.25, 0.3) is 5.91 Å². The quantitative estimate of drug-likeness (QED) is 0.721. The molecule has 0 fully saturated rings. The van der Waals surface area contributed by atoms with Crippen LogP contribution in [-0.2, 0) is 6.42 Å². The van der Waals surface area contributed by atoms with Gasteiger partial charge in [-0.15, -0.1) is 0 Å². The summed E-state index contributed by atoms with van der Waals surface area (Å²) in [5.41, 5.74) is 3.59. The second kappa shape index (κ2) is 9.43. The van der Waals surface area contributed by atoms with Crippen LogP contribution in [0.2, 0.25) is 5.02 Å². The second-order valence-electron chi connectivity index (χ2n) is 5.54. The summed E-state index contributed by atoms with van der Waals surface area (Å²) >= 11 is 6.21. The lowest BCUT2D eigenvalue weighted by molar-refractivity contribution is 0.0991. The summed E-state index contributed by atoms with van der Waals surface area (Å²) in [6.07, 6.45) is 3.69. The molecule has 0 bridgehead atoms. The summed E-state index contributed by atoms with van der Waals surface area (Å²) < 4.78 is 0. The van der Waals surface area contributed by atoms with Crippen molar-refractivity contribution < 1.29 is 4.79 Å². The summed E-state index contributed by atoms with van der Waals surface area (Å²) in [5, 5.41) is 0.473. The van der Waals surface area contributed by atoms with E-state index in [-0.39, 0.29) is 5.91 Å². The van der Waals surface area contributed by atoms with E-state index in [9.17, 15) is 4.79 Å². The minimum absolute atomic E-state index is 0.128. The third kappa shape index (κ3) is 4.57. The zero-order chi connectivity index (χ0) is 18.3. The van der Waals surface area contributed by atoms with E-state index < -0.39 is 0 Å². The van der Waals surface area contributed by atoms with E-state index in [4.69, 9.17) is 11.6 Å². The Hall–Kier alpha value is -1.87. The van der Waals surface area contributed by atoms with Crippen molar-refractivity contribution in [1.29, 1.82) is 0 Å². The van der Waals surface area contributed by atoms with Gasteiger partial charge in [-0.2, -0.15) is 0 Å². The van der Waals surface area contributed by atoms with Crippen molar-refractivity contribution in [3.63, 3.8) is 0 Å². The molecule has 0 aliphatic heterocycles. The highest BCUT2D eigenvalue weighted by Crippen LogP contribution is 2.25. The average Bonchev–Trinajstić information content (AvgIpc) is 2.56. The van der Waals surface area contributed by atoms with Crippen molar-refractivity contribution >= 4 is 23.3 Å². The average molecular weight is 347 g/mol. The first-order valence-electron chi connectivity index (χ1n) is 8.44.